The Morgan fingerprint density at radius 1 is 0.514 bits per heavy atom. The molecular formula is C58H74BBrN10O4. The van der Waals surface area contributed by atoms with Gasteiger partial charge in [0.1, 0.15) is 0 Å². The molecular weight excluding hydrogens is 991 g/mol. The van der Waals surface area contributed by atoms with E-state index in [4.69, 9.17) is 9.31 Å². The molecule has 0 N–H and O–H groups in total. The molecule has 7 aliphatic rings. The number of benzene rings is 2. The Balaban J connectivity index is 0.000000124. The van der Waals surface area contributed by atoms with E-state index in [9.17, 15) is 9.59 Å². The van der Waals surface area contributed by atoms with Crippen LogP contribution < -0.4 is 25.1 Å². The quantitative estimate of drug-likeness (QED) is 0.137. The second-order valence-corrected chi connectivity index (χ2v) is 23.4. The third-order valence-corrected chi connectivity index (χ3v) is 17.2. The lowest BCUT2D eigenvalue weighted by molar-refractivity contribution is -0.133. The molecule has 0 unspecified atom stereocenters. The maximum absolute atomic E-state index is 12.4. The lowest BCUT2D eigenvalue weighted by atomic mass is 9.79. The predicted molar refractivity (Wildman–Crippen MR) is 301 cm³/mol. The van der Waals surface area contributed by atoms with Gasteiger partial charge in [0, 0.05) is 137 Å². The Kier molecular flexibility index (Phi) is 14.7. The molecule has 2 amide bonds. The highest BCUT2D eigenvalue weighted by Gasteiger charge is 2.51. The van der Waals surface area contributed by atoms with Gasteiger partial charge in [0.25, 0.3) is 0 Å². The molecule has 5 saturated heterocycles. The molecule has 2 saturated carbocycles. The predicted octanol–water partition coefficient (Wildman–Crippen LogP) is 9.18. The van der Waals surface area contributed by atoms with Crippen molar-refractivity contribution in [2.24, 2.45) is 11.8 Å². The number of anilines is 4. The maximum atomic E-state index is 12.4. The number of rotatable bonds is 8. The molecule has 7 fully saturated rings. The third-order valence-electron chi connectivity index (χ3n) is 16.7. The highest BCUT2D eigenvalue weighted by Crippen LogP contribution is 2.38. The van der Waals surface area contributed by atoms with E-state index in [0.29, 0.717) is 23.7 Å². The van der Waals surface area contributed by atoms with Gasteiger partial charge in [-0.25, -0.2) is 9.03 Å². The summed E-state index contributed by atoms with van der Waals surface area (Å²) in [7, 11) is -0.259. The molecule has 2 aliphatic carbocycles. The molecule has 0 spiro atoms. The van der Waals surface area contributed by atoms with Crippen LogP contribution in [0.1, 0.15) is 91.9 Å². The van der Waals surface area contributed by atoms with E-state index >= 15 is 0 Å². The monoisotopic (exact) mass is 1060 g/mol. The van der Waals surface area contributed by atoms with E-state index in [2.05, 4.69) is 157 Å². The molecule has 74 heavy (non-hydrogen) atoms. The topological polar surface area (TPSA) is 107 Å². The third kappa shape index (κ3) is 11.2. The fraction of sp³-hybridized carbons (Fsp3) is 0.517. The van der Waals surface area contributed by atoms with E-state index in [1.54, 1.807) is 0 Å². The van der Waals surface area contributed by atoms with Crippen LogP contribution in [0.25, 0.3) is 22.2 Å². The van der Waals surface area contributed by atoms with E-state index in [1.165, 1.54) is 98.6 Å². The average molecular weight is 1070 g/mol. The van der Waals surface area contributed by atoms with Crippen molar-refractivity contribution >= 4 is 74.1 Å². The molecule has 0 bridgehead atoms. The number of piperazine rings is 2. The van der Waals surface area contributed by atoms with Crippen molar-refractivity contribution in [2.45, 2.75) is 103 Å². The standard InChI is InChI=1S/C26H31N5O.C17H26BNO2.C15H17BrN4O/c32-26(21-4-5-21)30-16-14-29(15-17-30)24-10-11-27-31-19-22(18-25(24)31)20-6-8-23(9-7-20)28-12-2-1-3-13-28;1-16(2)17(3,4)21-18(20-16)14-8-10-15(11-9-14)19-12-6-5-7-13-19;16-12-9-14-13(3-4-17-20(14)10-12)18-5-7-19(8-6-18)15(21)11-1-2-11/h6-11,18-19,21H,1-5,12-17H2;8-11H,5-7,12-13H2,1-4H3;3-4,9-11H,1-2,5-8H2. The molecule has 14 nitrogen and oxygen atoms in total. The summed E-state index contributed by atoms with van der Waals surface area (Å²) in [6, 6.07) is 26.2. The van der Waals surface area contributed by atoms with Crippen LogP contribution in [0.15, 0.2) is 102 Å². The van der Waals surface area contributed by atoms with Crippen LogP contribution in [0.2, 0.25) is 0 Å². The van der Waals surface area contributed by atoms with Crippen LogP contribution in [0, 0.1) is 11.8 Å². The van der Waals surface area contributed by atoms with Gasteiger partial charge in [0.2, 0.25) is 11.8 Å². The smallest absolute Gasteiger partial charge is 0.399 e. The normalized spacial score (nSPS) is 20.9. The number of amides is 2. The van der Waals surface area contributed by atoms with Gasteiger partial charge in [-0.1, -0.05) is 24.3 Å². The molecule has 13 rings (SSSR count). The van der Waals surface area contributed by atoms with Crippen LogP contribution in [0.5, 0.6) is 0 Å². The van der Waals surface area contributed by atoms with Crippen molar-refractivity contribution in [1.29, 1.82) is 0 Å². The number of carbonyl (C=O) groups excluding carboxylic acids is 2. The first-order chi connectivity index (χ1) is 35.9. The van der Waals surface area contributed by atoms with E-state index in [-0.39, 0.29) is 18.3 Å². The zero-order valence-corrected chi connectivity index (χ0v) is 45.6. The van der Waals surface area contributed by atoms with E-state index < -0.39 is 0 Å². The number of aromatic nitrogens is 4. The second kappa shape index (κ2) is 21.6. The molecule has 4 aromatic heterocycles. The van der Waals surface area contributed by atoms with Crippen LogP contribution in [0.4, 0.5) is 22.7 Å². The van der Waals surface area contributed by atoms with Gasteiger partial charge in [-0.05, 0) is 167 Å². The summed E-state index contributed by atoms with van der Waals surface area (Å²) in [6.45, 7) is 19.9. The number of fused-ring (bicyclic) bond motifs is 2. The minimum Gasteiger partial charge on any atom is -0.399 e. The molecule has 0 atom stereocenters. The van der Waals surface area contributed by atoms with Gasteiger partial charge in [-0.15, -0.1) is 0 Å². The first kappa shape index (κ1) is 50.6. The number of nitrogens with zero attached hydrogens (tertiary/aromatic N) is 10. The SMILES string of the molecule is CC1(C)OB(c2ccc(N3CCCCC3)cc2)OC1(C)C.O=C(C1CC1)N1CCN(c2ccnn3cc(-c4ccc(N5CCCCC5)cc4)cc23)CC1.O=C(C1CC1)N1CCN(c2ccnn3cc(Br)cc23)CC1. The average Bonchev–Trinajstić information content (AvgIpc) is 4.37. The summed E-state index contributed by atoms with van der Waals surface area (Å²) in [5, 5.41) is 8.89. The van der Waals surface area contributed by atoms with Gasteiger partial charge in [0.05, 0.1) is 33.6 Å². The van der Waals surface area contributed by atoms with Gasteiger partial charge in [-0.3, -0.25) is 9.59 Å². The fourth-order valence-corrected chi connectivity index (χ4v) is 11.6. The summed E-state index contributed by atoms with van der Waals surface area (Å²) in [5.74, 6) is 1.36. The summed E-state index contributed by atoms with van der Waals surface area (Å²) in [4.78, 5) is 38.3. The number of halogens is 1. The van der Waals surface area contributed by atoms with Crippen molar-refractivity contribution in [1.82, 2.24) is 29.0 Å². The minimum atomic E-state index is -0.275. The van der Waals surface area contributed by atoms with Crippen molar-refractivity contribution < 1.29 is 18.9 Å². The second-order valence-electron chi connectivity index (χ2n) is 22.5. The molecule has 9 heterocycles. The van der Waals surface area contributed by atoms with E-state index in [0.717, 1.165) is 99.0 Å². The van der Waals surface area contributed by atoms with Crippen LogP contribution in [0.3, 0.4) is 0 Å². The Bertz CT molecular complexity index is 2870. The first-order valence-corrected chi connectivity index (χ1v) is 28.4. The van der Waals surface area contributed by atoms with Gasteiger partial charge in [0.15, 0.2) is 0 Å². The van der Waals surface area contributed by atoms with Crippen LogP contribution in [-0.2, 0) is 18.9 Å². The van der Waals surface area contributed by atoms with Gasteiger partial charge >= 0.3 is 7.12 Å². The summed E-state index contributed by atoms with van der Waals surface area (Å²) < 4.78 is 17.1. The van der Waals surface area contributed by atoms with Crippen LogP contribution in [-0.4, -0.2) is 138 Å². The number of carbonyl (C=O) groups is 2. The van der Waals surface area contributed by atoms with Crippen molar-refractivity contribution in [3.8, 4) is 11.1 Å². The maximum Gasteiger partial charge on any atom is 0.494 e. The molecule has 5 aliphatic heterocycles. The fourth-order valence-electron chi connectivity index (χ4n) is 11.2. The van der Waals surface area contributed by atoms with Crippen molar-refractivity contribution in [2.75, 3.05) is 98.1 Å². The highest BCUT2D eigenvalue weighted by molar-refractivity contribution is 9.10. The zero-order chi connectivity index (χ0) is 51.0. The largest absolute Gasteiger partial charge is 0.494 e. The lowest BCUT2D eigenvalue weighted by Crippen LogP contribution is -2.49. The number of hydrogen-bond donors (Lipinski definition) is 0. The molecule has 390 valence electrons. The van der Waals surface area contributed by atoms with Crippen molar-refractivity contribution in [3.63, 3.8) is 0 Å². The van der Waals surface area contributed by atoms with Crippen molar-refractivity contribution in [3.05, 3.63) is 102 Å². The number of piperidine rings is 2. The molecule has 0 radical (unpaired) electrons. The Morgan fingerprint density at radius 2 is 0.946 bits per heavy atom. The first-order valence-electron chi connectivity index (χ1n) is 27.6. The lowest BCUT2D eigenvalue weighted by Gasteiger charge is -2.36. The Morgan fingerprint density at radius 3 is 1.41 bits per heavy atom. The zero-order valence-electron chi connectivity index (χ0n) is 44.0. The minimum absolute atomic E-state index is 0.259. The Hall–Kier alpha value is -5.58. The molecule has 6 aromatic rings. The highest BCUT2D eigenvalue weighted by atomic mass is 79.9. The number of hydrogen-bond acceptors (Lipinski definition) is 10. The van der Waals surface area contributed by atoms with Gasteiger partial charge < -0.3 is 38.7 Å². The molecule has 2 aromatic carbocycles. The summed E-state index contributed by atoms with van der Waals surface area (Å²) in [5.41, 5.74) is 10.2. The molecule has 16 heteroatoms. The Labute approximate surface area is 446 Å². The van der Waals surface area contributed by atoms with E-state index in [1.807, 2.05) is 32.5 Å². The van der Waals surface area contributed by atoms with Crippen LogP contribution >= 0.6 is 15.9 Å². The summed E-state index contributed by atoms with van der Waals surface area (Å²) >= 11 is 3.50. The van der Waals surface area contributed by atoms with Gasteiger partial charge in [-0.2, -0.15) is 10.2 Å². The summed E-state index contributed by atoms with van der Waals surface area (Å²) in [6.07, 6.45) is 20.1.